The Labute approximate surface area is 200 Å². The van der Waals surface area contributed by atoms with Gasteiger partial charge in [0.25, 0.3) is 0 Å². The average Bonchev–Trinajstić information content (AvgIpc) is 3.31. The van der Waals surface area contributed by atoms with Gasteiger partial charge < -0.3 is 16.0 Å². The Morgan fingerprint density at radius 3 is 2.55 bits per heavy atom. The summed E-state index contributed by atoms with van der Waals surface area (Å²) in [7, 11) is 1.69. The van der Waals surface area contributed by atoms with E-state index in [-0.39, 0.29) is 36.4 Å². The Morgan fingerprint density at radius 2 is 1.87 bits per heavy atom. The van der Waals surface area contributed by atoms with Crippen LogP contribution in [0.1, 0.15) is 18.1 Å². The van der Waals surface area contributed by atoms with Crippen molar-refractivity contribution in [2.24, 2.45) is 4.99 Å². The Kier molecular flexibility index (Phi) is 10.0. The van der Waals surface area contributed by atoms with E-state index in [0.717, 1.165) is 24.2 Å². The number of nitrogens with one attached hydrogen (secondary N) is 3. The molecule has 31 heavy (non-hydrogen) atoms. The summed E-state index contributed by atoms with van der Waals surface area (Å²) in [6.07, 6.45) is 5.46. The van der Waals surface area contributed by atoms with Crippen molar-refractivity contribution < 1.29 is 4.79 Å². The van der Waals surface area contributed by atoms with Crippen LogP contribution < -0.4 is 16.0 Å². The summed E-state index contributed by atoms with van der Waals surface area (Å²) in [4.78, 5) is 16.4. The number of aliphatic imine (C=N–C) groups is 1. The maximum absolute atomic E-state index is 12.2. The zero-order chi connectivity index (χ0) is 21.2. The molecule has 3 N–H and O–H groups in total. The monoisotopic (exact) mass is 532 g/mol. The lowest BCUT2D eigenvalue weighted by Gasteiger charge is -2.12. The van der Waals surface area contributed by atoms with Crippen molar-refractivity contribution in [1.29, 1.82) is 0 Å². The predicted octanol–water partition coefficient (Wildman–Crippen LogP) is 3.40. The summed E-state index contributed by atoms with van der Waals surface area (Å²) in [5.41, 5.74) is 4.24. The number of aromatic nitrogens is 2. The van der Waals surface area contributed by atoms with Crippen LogP contribution in [-0.4, -0.2) is 41.8 Å². The Morgan fingerprint density at radius 1 is 1.06 bits per heavy atom. The van der Waals surface area contributed by atoms with Crippen LogP contribution in [0.5, 0.6) is 0 Å². The van der Waals surface area contributed by atoms with Gasteiger partial charge in [0.2, 0.25) is 5.91 Å². The molecule has 1 aromatic heterocycles. The van der Waals surface area contributed by atoms with Crippen molar-refractivity contribution in [3.63, 3.8) is 0 Å². The van der Waals surface area contributed by atoms with Crippen LogP contribution in [0.15, 0.2) is 72.0 Å². The normalized spacial score (nSPS) is 10.8. The lowest BCUT2D eigenvalue weighted by Crippen LogP contribution is -2.42. The lowest BCUT2D eigenvalue weighted by atomic mass is 10.1. The van der Waals surface area contributed by atoms with Crippen molar-refractivity contribution >= 4 is 41.5 Å². The van der Waals surface area contributed by atoms with E-state index in [2.05, 4.69) is 45.1 Å². The van der Waals surface area contributed by atoms with Crippen LogP contribution >= 0.6 is 24.0 Å². The van der Waals surface area contributed by atoms with Gasteiger partial charge in [0.05, 0.1) is 12.2 Å². The van der Waals surface area contributed by atoms with E-state index in [9.17, 15) is 4.79 Å². The highest BCUT2D eigenvalue weighted by molar-refractivity contribution is 14.0. The molecule has 0 aliphatic heterocycles. The first-order valence-electron chi connectivity index (χ1n) is 10.1. The van der Waals surface area contributed by atoms with E-state index in [4.69, 9.17) is 0 Å². The summed E-state index contributed by atoms with van der Waals surface area (Å²) >= 11 is 0. The molecule has 0 saturated heterocycles. The number of rotatable bonds is 8. The van der Waals surface area contributed by atoms with Crippen molar-refractivity contribution in [1.82, 2.24) is 20.4 Å². The van der Waals surface area contributed by atoms with Gasteiger partial charge in [0, 0.05) is 31.7 Å². The number of hydrogen-bond acceptors (Lipinski definition) is 3. The number of anilines is 1. The number of carbonyl (C=O) groups is 1. The first-order valence-corrected chi connectivity index (χ1v) is 10.1. The minimum atomic E-state index is -0.111. The minimum Gasteiger partial charge on any atom is -0.356 e. The molecule has 0 fully saturated rings. The van der Waals surface area contributed by atoms with Gasteiger partial charge in [-0.05, 0) is 54.3 Å². The van der Waals surface area contributed by atoms with E-state index in [1.54, 1.807) is 13.2 Å². The predicted molar refractivity (Wildman–Crippen MR) is 136 cm³/mol. The SMILES string of the molecule is CCc1cccc(NC(=O)CNC(=NC)NCCc2ccc(-n3cccn3)cc2)c1.I. The fourth-order valence-corrected chi connectivity index (χ4v) is 3.02. The molecule has 0 unspecified atom stereocenters. The zero-order valence-electron chi connectivity index (χ0n) is 17.8. The highest BCUT2D eigenvalue weighted by atomic mass is 127. The number of carbonyl (C=O) groups excluding carboxylic acids is 1. The maximum Gasteiger partial charge on any atom is 0.243 e. The van der Waals surface area contributed by atoms with Crippen molar-refractivity contribution in [3.05, 3.63) is 78.1 Å². The van der Waals surface area contributed by atoms with Crippen LogP contribution in [0, 0.1) is 0 Å². The molecule has 0 bridgehead atoms. The fourth-order valence-electron chi connectivity index (χ4n) is 3.02. The van der Waals surface area contributed by atoms with Gasteiger partial charge in [-0.3, -0.25) is 9.79 Å². The summed E-state index contributed by atoms with van der Waals surface area (Å²) < 4.78 is 1.83. The number of benzene rings is 2. The Balaban J connectivity index is 0.00000341. The Bertz CT molecular complexity index is 970. The van der Waals surface area contributed by atoms with Gasteiger partial charge in [0.15, 0.2) is 5.96 Å². The molecule has 7 nitrogen and oxygen atoms in total. The van der Waals surface area contributed by atoms with Gasteiger partial charge in [-0.2, -0.15) is 5.10 Å². The van der Waals surface area contributed by atoms with E-state index in [1.807, 2.05) is 53.3 Å². The second-order valence-electron chi connectivity index (χ2n) is 6.82. The molecule has 1 heterocycles. The molecular formula is C23H29IN6O. The fraction of sp³-hybridized carbons (Fsp3) is 0.261. The van der Waals surface area contributed by atoms with Crippen LogP contribution in [0.25, 0.3) is 5.69 Å². The molecular weight excluding hydrogens is 503 g/mol. The molecule has 0 saturated carbocycles. The molecule has 0 aliphatic rings. The first kappa shape index (κ1) is 24.4. The van der Waals surface area contributed by atoms with Gasteiger partial charge >= 0.3 is 0 Å². The van der Waals surface area contributed by atoms with Gasteiger partial charge in [-0.15, -0.1) is 24.0 Å². The first-order chi connectivity index (χ1) is 14.7. The van der Waals surface area contributed by atoms with E-state index >= 15 is 0 Å². The third kappa shape index (κ3) is 7.71. The van der Waals surface area contributed by atoms with E-state index in [1.165, 1.54) is 11.1 Å². The van der Waals surface area contributed by atoms with Crippen LogP contribution in [0.3, 0.4) is 0 Å². The largest absolute Gasteiger partial charge is 0.356 e. The topological polar surface area (TPSA) is 83.3 Å². The molecule has 2 aromatic carbocycles. The van der Waals surface area contributed by atoms with Crippen LogP contribution in [-0.2, 0) is 17.6 Å². The summed E-state index contributed by atoms with van der Waals surface area (Å²) in [6.45, 7) is 2.95. The molecule has 3 aromatic rings. The molecule has 3 rings (SSSR count). The average molecular weight is 532 g/mol. The zero-order valence-corrected chi connectivity index (χ0v) is 20.2. The number of amides is 1. The quantitative estimate of drug-likeness (QED) is 0.236. The summed E-state index contributed by atoms with van der Waals surface area (Å²) in [5, 5.41) is 13.4. The maximum atomic E-state index is 12.2. The standard InChI is InChI=1S/C23H28N6O.HI/c1-3-18-6-4-7-20(16-18)28-22(30)17-26-23(24-2)25-14-12-19-8-10-21(11-9-19)29-15-5-13-27-29;/h4-11,13,15-16H,3,12,14,17H2,1-2H3,(H,28,30)(H2,24,25,26);1H. The number of halogens is 1. The molecule has 164 valence electrons. The second-order valence-corrected chi connectivity index (χ2v) is 6.82. The van der Waals surface area contributed by atoms with Crippen LogP contribution in [0.2, 0.25) is 0 Å². The van der Waals surface area contributed by atoms with Crippen molar-refractivity contribution in [3.8, 4) is 5.69 Å². The van der Waals surface area contributed by atoms with Gasteiger partial charge in [0.1, 0.15) is 0 Å². The summed E-state index contributed by atoms with van der Waals surface area (Å²) in [6, 6.07) is 18.1. The minimum absolute atomic E-state index is 0. The van der Waals surface area contributed by atoms with Crippen molar-refractivity contribution in [2.75, 3.05) is 25.5 Å². The summed E-state index contributed by atoms with van der Waals surface area (Å²) in [5.74, 6) is 0.487. The third-order valence-electron chi connectivity index (χ3n) is 4.67. The van der Waals surface area contributed by atoms with Gasteiger partial charge in [-0.25, -0.2) is 4.68 Å². The number of aryl methyl sites for hydroxylation is 1. The molecule has 0 spiro atoms. The highest BCUT2D eigenvalue weighted by Gasteiger charge is 2.05. The van der Waals surface area contributed by atoms with Crippen LogP contribution in [0.4, 0.5) is 5.69 Å². The number of hydrogen-bond donors (Lipinski definition) is 3. The molecule has 0 aliphatic carbocycles. The van der Waals surface area contributed by atoms with E-state index in [0.29, 0.717) is 12.5 Å². The molecule has 8 heteroatoms. The number of nitrogens with zero attached hydrogens (tertiary/aromatic N) is 3. The van der Waals surface area contributed by atoms with Gasteiger partial charge in [-0.1, -0.05) is 31.2 Å². The molecule has 0 radical (unpaired) electrons. The molecule has 1 amide bonds. The molecule has 0 atom stereocenters. The third-order valence-corrected chi connectivity index (χ3v) is 4.67. The Hall–Kier alpha value is -2.88. The highest BCUT2D eigenvalue weighted by Crippen LogP contribution is 2.11. The number of guanidine groups is 1. The lowest BCUT2D eigenvalue weighted by molar-refractivity contribution is -0.115. The second kappa shape index (κ2) is 12.7. The van der Waals surface area contributed by atoms with E-state index < -0.39 is 0 Å². The van der Waals surface area contributed by atoms with Crippen molar-refractivity contribution in [2.45, 2.75) is 19.8 Å². The smallest absolute Gasteiger partial charge is 0.243 e.